The number of morpholine rings is 1. The van der Waals surface area contributed by atoms with Crippen molar-refractivity contribution in [1.29, 1.82) is 0 Å². The fourth-order valence-corrected chi connectivity index (χ4v) is 4.14. The monoisotopic (exact) mass is 321 g/mol. The molecule has 0 radical (unpaired) electrons. The Hall–Kier alpha value is -0.740. The molecule has 1 atom stereocenters. The summed E-state index contributed by atoms with van der Waals surface area (Å²) in [7, 11) is -2.13. The molecule has 0 aromatic carbocycles. The maximum atomic E-state index is 12.4. The lowest BCUT2D eigenvalue weighted by atomic mass is 10.2. The van der Waals surface area contributed by atoms with E-state index in [1.807, 2.05) is 0 Å². The average molecular weight is 321 g/mol. The first-order chi connectivity index (χ1) is 9.91. The van der Waals surface area contributed by atoms with Gasteiger partial charge in [-0.3, -0.25) is 9.69 Å². The van der Waals surface area contributed by atoms with E-state index >= 15 is 0 Å². The Morgan fingerprint density at radius 1 is 1.33 bits per heavy atom. The van der Waals surface area contributed by atoms with Gasteiger partial charge >= 0.3 is 5.97 Å². The van der Waals surface area contributed by atoms with Crippen molar-refractivity contribution >= 4 is 16.2 Å². The summed E-state index contributed by atoms with van der Waals surface area (Å²) in [4.78, 5) is 12.8. The van der Waals surface area contributed by atoms with E-state index in [1.165, 1.54) is 11.4 Å². The molecule has 2 fully saturated rings. The Kier molecular flexibility index (Phi) is 5.55. The highest BCUT2D eigenvalue weighted by Gasteiger charge is 2.36. The zero-order valence-electron chi connectivity index (χ0n) is 12.3. The van der Waals surface area contributed by atoms with Crippen molar-refractivity contribution in [2.45, 2.75) is 18.9 Å². The van der Waals surface area contributed by atoms with Crippen molar-refractivity contribution < 1.29 is 23.1 Å². The first kappa shape index (κ1) is 16.6. The van der Waals surface area contributed by atoms with Crippen LogP contribution in [0.2, 0.25) is 0 Å². The van der Waals surface area contributed by atoms with Gasteiger partial charge in [0.15, 0.2) is 0 Å². The van der Waals surface area contributed by atoms with Crippen molar-refractivity contribution in [3.8, 4) is 0 Å². The lowest BCUT2D eigenvalue weighted by Gasteiger charge is -2.32. The Balaban J connectivity index is 1.90. The Bertz CT molecular complexity index is 464. The van der Waals surface area contributed by atoms with E-state index in [1.54, 1.807) is 0 Å². The van der Waals surface area contributed by atoms with Gasteiger partial charge in [-0.05, 0) is 6.42 Å². The van der Waals surface area contributed by atoms with E-state index < -0.39 is 16.2 Å². The number of hydrogen-bond acceptors (Lipinski definition) is 5. The van der Waals surface area contributed by atoms with E-state index in [-0.39, 0.29) is 19.0 Å². The van der Waals surface area contributed by atoms with Crippen LogP contribution in [0.5, 0.6) is 0 Å². The lowest BCUT2D eigenvalue weighted by molar-refractivity contribution is -0.137. The molecule has 2 aliphatic rings. The molecule has 1 unspecified atom stereocenters. The number of hydrogen-bond donors (Lipinski definition) is 1. The maximum absolute atomic E-state index is 12.4. The number of carboxylic acids is 1. The van der Waals surface area contributed by atoms with Gasteiger partial charge in [-0.15, -0.1) is 0 Å². The van der Waals surface area contributed by atoms with Crippen LogP contribution in [0.25, 0.3) is 0 Å². The predicted molar refractivity (Wildman–Crippen MR) is 76.2 cm³/mol. The van der Waals surface area contributed by atoms with E-state index in [0.717, 1.165) is 23.8 Å². The molecule has 2 heterocycles. The first-order valence-corrected chi connectivity index (χ1v) is 8.56. The van der Waals surface area contributed by atoms with Crippen LogP contribution in [0.15, 0.2) is 0 Å². The molecule has 0 spiro atoms. The highest BCUT2D eigenvalue weighted by Crippen LogP contribution is 2.21. The third-order valence-electron chi connectivity index (χ3n) is 4.05. The lowest BCUT2D eigenvalue weighted by Crippen LogP contribution is -2.47. The minimum atomic E-state index is -3.56. The fourth-order valence-electron chi connectivity index (χ4n) is 2.73. The van der Waals surface area contributed by atoms with Gasteiger partial charge in [0.25, 0.3) is 10.2 Å². The number of aliphatic carboxylic acids is 1. The third-order valence-corrected chi connectivity index (χ3v) is 6.00. The second-order valence-corrected chi connectivity index (χ2v) is 7.46. The van der Waals surface area contributed by atoms with Gasteiger partial charge in [-0.2, -0.15) is 17.0 Å². The molecule has 2 rings (SSSR count). The molecule has 0 aliphatic carbocycles. The highest BCUT2D eigenvalue weighted by atomic mass is 32.2. The minimum Gasteiger partial charge on any atom is -0.481 e. The molecule has 0 bridgehead atoms. The summed E-state index contributed by atoms with van der Waals surface area (Å²) >= 11 is 0. The molecule has 0 aromatic heterocycles. The molecule has 0 saturated carbocycles. The summed E-state index contributed by atoms with van der Waals surface area (Å²) in [6, 6.07) is 0.233. The van der Waals surface area contributed by atoms with Crippen molar-refractivity contribution in [3.63, 3.8) is 0 Å². The molecule has 8 nitrogen and oxygen atoms in total. The first-order valence-electron chi connectivity index (χ1n) is 7.16. The number of ether oxygens (including phenoxy) is 1. The fraction of sp³-hybridized carbons (Fsp3) is 0.917. The smallest absolute Gasteiger partial charge is 0.304 e. The van der Waals surface area contributed by atoms with E-state index in [0.29, 0.717) is 26.3 Å². The van der Waals surface area contributed by atoms with Gasteiger partial charge < -0.3 is 9.84 Å². The van der Waals surface area contributed by atoms with E-state index in [4.69, 9.17) is 9.84 Å². The van der Waals surface area contributed by atoms with Crippen LogP contribution in [0.3, 0.4) is 0 Å². The van der Waals surface area contributed by atoms with Crippen LogP contribution in [0, 0.1) is 0 Å². The van der Waals surface area contributed by atoms with Gasteiger partial charge in [0.1, 0.15) is 0 Å². The largest absolute Gasteiger partial charge is 0.481 e. The third kappa shape index (κ3) is 4.13. The SMILES string of the molecule is CN(CCC(=O)O)S(=O)(=O)N1CCC(N2CCOCC2)C1. The molecule has 1 N–H and O–H groups in total. The van der Waals surface area contributed by atoms with Crippen molar-refractivity contribution in [3.05, 3.63) is 0 Å². The molecule has 21 heavy (non-hydrogen) atoms. The molecular weight excluding hydrogens is 298 g/mol. The predicted octanol–water partition coefficient (Wildman–Crippen LogP) is -0.956. The molecule has 0 amide bonds. The summed E-state index contributed by atoms with van der Waals surface area (Å²) in [5.41, 5.74) is 0. The minimum absolute atomic E-state index is 0.00358. The van der Waals surface area contributed by atoms with Crippen LogP contribution in [0.4, 0.5) is 0 Å². The quantitative estimate of drug-likeness (QED) is 0.678. The zero-order chi connectivity index (χ0) is 15.5. The van der Waals surface area contributed by atoms with E-state index in [9.17, 15) is 13.2 Å². The second-order valence-electron chi connectivity index (χ2n) is 5.42. The van der Waals surface area contributed by atoms with Crippen LogP contribution in [-0.2, 0) is 19.7 Å². The highest BCUT2D eigenvalue weighted by molar-refractivity contribution is 7.86. The number of carboxylic acid groups (broad SMARTS) is 1. The molecule has 2 aliphatic heterocycles. The summed E-state index contributed by atoms with van der Waals surface area (Å²) in [5, 5.41) is 8.65. The average Bonchev–Trinajstić information content (AvgIpc) is 2.96. The number of nitrogens with zero attached hydrogens (tertiary/aromatic N) is 3. The van der Waals surface area contributed by atoms with E-state index in [2.05, 4.69) is 4.90 Å². The summed E-state index contributed by atoms with van der Waals surface area (Å²) in [6.45, 7) is 4.03. The number of carbonyl (C=O) groups is 1. The summed E-state index contributed by atoms with van der Waals surface area (Å²) in [5.74, 6) is -0.996. The summed E-state index contributed by atoms with van der Waals surface area (Å²) < 4.78 is 32.7. The summed E-state index contributed by atoms with van der Waals surface area (Å²) in [6.07, 6.45) is 0.627. The van der Waals surface area contributed by atoms with Gasteiger partial charge in [0.05, 0.1) is 19.6 Å². The van der Waals surface area contributed by atoms with Crippen LogP contribution >= 0.6 is 0 Å². The number of rotatable bonds is 6. The zero-order valence-corrected chi connectivity index (χ0v) is 13.1. The Labute approximate surface area is 125 Å². The van der Waals surface area contributed by atoms with Gasteiger partial charge in [-0.25, -0.2) is 0 Å². The second kappa shape index (κ2) is 7.01. The molecular formula is C12H23N3O5S. The molecule has 122 valence electrons. The van der Waals surface area contributed by atoms with Crippen molar-refractivity contribution in [2.24, 2.45) is 0 Å². The van der Waals surface area contributed by atoms with Crippen LogP contribution < -0.4 is 0 Å². The van der Waals surface area contributed by atoms with Crippen LogP contribution in [0.1, 0.15) is 12.8 Å². The van der Waals surface area contributed by atoms with Crippen molar-refractivity contribution in [1.82, 2.24) is 13.5 Å². The van der Waals surface area contributed by atoms with Gasteiger partial charge in [0, 0.05) is 45.8 Å². The normalized spacial score (nSPS) is 25.5. The Morgan fingerprint density at radius 3 is 2.62 bits per heavy atom. The molecule has 2 saturated heterocycles. The standard InChI is InChI=1S/C12H23N3O5S/c1-13(4-3-12(16)17)21(18,19)15-5-2-11(10-15)14-6-8-20-9-7-14/h11H,2-10H2,1H3,(H,16,17). The molecule has 9 heteroatoms. The van der Waals surface area contributed by atoms with Crippen molar-refractivity contribution in [2.75, 3.05) is 53.0 Å². The molecule has 0 aromatic rings. The topological polar surface area (TPSA) is 90.4 Å². The Morgan fingerprint density at radius 2 is 2.00 bits per heavy atom. The van der Waals surface area contributed by atoms with Gasteiger partial charge in [-0.1, -0.05) is 0 Å². The van der Waals surface area contributed by atoms with Gasteiger partial charge in [0.2, 0.25) is 0 Å². The van der Waals surface area contributed by atoms with Crippen LogP contribution in [-0.4, -0.2) is 92.0 Å². The maximum Gasteiger partial charge on any atom is 0.304 e.